The van der Waals surface area contributed by atoms with Crippen molar-refractivity contribution in [3.05, 3.63) is 35.9 Å². The van der Waals surface area contributed by atoms with Crippen LogP contribution in [0.3, 0.4) is 0 Å². The maximum Gasteiger partial charge on any atom is 0.218 e. The molecule has 0 radical (unpaired) electrons. The van der Waals surface area contributed by atoms with E-state index in [-0.39, 0.29) is 11.3 Å². The quantitative estimate of drug-likeness (QED) is 0.908. The number of carbonyl (C=O) groups excluding carboxylic acids is 1. The molecule has 2 nitrogen and oxygen atoms in total. The van der Waals surface area contributed by atoms with E-state index in [0.717, 1.165) is 11.8 Å². The number of nitrogens with two attached hydrogens (primary N) is 1. The molecule has 4 aliphatic rings. The van der Waals surface area contributed by atoms with Crippen molar-refractivity contribution in [2.45, 2.75) is 43.9 Å². The molecular weight excluding hydrogens is 258 g/mol. The number of carbonyl (C=O) groups is 1. The smallest absolute Gasteiger partial charge is 0.218 e. The Morgan fingerprint density at radius 2 is 1.86 bits per heavy atom. The molecule has 0 aliphatic heterocycles. The minimum Gasteiger partial charge on any atom is -0.370 e. The van der Waals surface area contributed by atoms with Gasteiger partial charge in [-0.25, -0.2) is 0 Å². The van der Waals surface area contributed by atoms with Crippen LogP contribution >= 0.6 is 0 Å². The van der Waals surface area contributed by atoms with Crippen molar-refractivity contribution in [2.75, 3.05) is 0 Å². The Kier molecular flexibility index (Phi) is 2.17. The summed E-state index contributed by atoms with van der Waals surface area (Å²) in [5.41, 5.74) is 7.74. The second-order valence-corrected chi connectivity index (χ2v) is 8.21. The minimum absolute atomic E-state index is 0.0543. The number of benzene rings is 1. The lowest BCUT2D eigenvalue weighted by Crippen LogP contribution is -2.51. The zero-order valence-electron chi connectivity index (χ0n) is 12.4. The second-order valence-electron chi connectivity index (χ2n) is 8.21. The topological polar surface area (TPSA) is 43.1 Å². The summed E-state index contributed by atoms with van der Waals surface area (Å²) in [5.74, 6) is 3.17. The molecule has 21 heavy (non-hydrogen) atoms. The molecule has 1 spiro atoms. The molecule has 4 fully saturated rings. The molecule has 6 unspecified atom stereocenters. The zero-order chi connectivity index (χ0) is 14.2. The third kappa shape index (κ3) is 1.28. The first-order valence-electron chi connectivity index (χ1n) is 8.49. The Morgan fingerprint density at radius 1 is 1.10 bits per heavy atom. The van der Waals surface area contributed by atoms with E-state index in [1.165, 1.54) is 37.7 Å². The molecule has 3 bridgehead atoms. The summed E-state index contributed by atoms with van der Waals surface area (Å²) in [6.45, 7) is 0. The fourth-order valence-electron chi connectivity index (χ4n) is 7.30. The third-order valence-electron chi connectivity index (χ3n) is 7.69. The molecule has 2 N–H and O–H groups in total. The van der Waals surface area contributed by atoms with E-state index in [2.05, 4.69) is 30.3 Å². The van der Waals surface area contributed by atoms with E-state index >= 15 is 0 Å². The van der Waals surface area contributed by atoms with Crippen LogP contribution in [0, 0.1) is 29.1 Å². The summed E-state index contributed by atoms with van der Waals surface area (Å²) in [5, 5.41) is 0. The van der Waals surface area contributed by atoms with Crippen LogP contribution in [0.2, 0.25) is 0 Å². The Balaban J connectivity index is 1.69. The fourth-order valence-corrected chi connectivity index (χ4v) is 7.30. The maximum atomic E-state index is 11.9. The van der Waals surface area contributed by atoms with Gasteiger partial charge in [-0.05, 0) is 66.8 Å². The van der Waals surface area contributed by atoms with E-state index in [1.807, 2.05) is 0 Å². The average molecular weight is 281 g/mol. The number of amides is 1. The van der Waals surface area contributed by atoms with Crippen molar-refractivity contribution in [1.82, 2.24) is 0 Å². The minimum atomic E-state index is -0.109. The van der Waals surface area contributed by atoms with Crippen LogP contribution in [-0.4, -0.2) is 5.91 Å². The Bertz CT molecular complexity index is 611. The van der Waals surface area contributed by atoms with Gasteiger partial charge in [0.15, 0.2) is 0 Å². The number of hydrogen-bond acceptors (Lipinski definition) is 1. The van der Waals surface area contributed by atoms with Gasteiger partial charge in [-0.3, -0.25) is 4.79 Å². The summed E-state index contributed by atoms with van der Waals surface area (Å²) in [4.78, 5) is 11.9. The molecule has 2 heteroatoms. The highest BCUT2D eigenvalue weighted by atomic mass is 16.1. The molecule has 4 aliphatic carbocycles. The van der Waals surface area contributed by atoms with Crippen LogP contribution in [0.15, 0.2) is 30.3 Å². The summed E-state index contributed by atoms with van der Waals surface area (Å²) in [7, 11) is 0. The number of rotatable bonds is 3. The lowest BCUT2D eigenvalue weighted by atomic mass is 9.49. The molecule has 5 rings (SSSR count). The van der Waals surface area contributed by atoms with E-state index in [1.54, 1.807) is 0 Å². The SMILES string of the molecule is NC(=O)CC1(c2ccccc2)C2CC3CC4CC1C4(C3)C2. The van der Waals surface area contributed by atoms with E-state index in [4.69, 9.17) is 5.73 Å². The van der Waals surface area contributed by atoms with Gasteiger partial charge < -0.3 is 5.73 Å². The average Bonchev–Trinajstić information content (AvgIpc) is 2.75. The first-order valence-corrected chi connectivity index (χ1v) is 8.49. The molecule has 1 amide bonds. The Labute approximate surface area is 126 Å². The molecule has 1 aromatic rings. The normalized spacial score (nSPS) is 49.0. The monoisotopic (exact) mass is 281 g/mol. The van der Waals surface area contributed by atoms with Gasteiger partial charge in [-0.15, -0.1) is 0 Å². The number of fused-ring (bicyclic) bond motifs is 2. The highest BCUT2D eigenvalue weighted by molar-refractivity contribution is 5.76. The molecule has 1 aromatic carbocycles. The van der Waals surface area contributed by atoms with Gasteiger partial charge in [0.25, 0.3) is 0 Å². The highest BCUT2D eigenvalue weighted by Gasteiger charge is 2.75. The molecule has 0 heterocycles. The van der Waals surface area contributed by atoms with Crippen molar-refractivity contribution in [1.29, 1.82) is 0 Å². The number of primary amides is 1. The van der Waals surface area contributed by atoms with Crippen molar-refractivity contribution < 1.29 is 4.79 Å². The zero-order valence-corrected chi connectivity index (χ0v) is 12.4. The van der Waals surface area contributed by atoms with Crippen molar-refractivity contribution in [2.24, 2.45) is 34.8 Å². The highest BCUT2D eigenvalue weighted by Crippen LogP contribution is 2.81. The fraction of sp³-hybridized carbons (Fsp3) is 0.632. The van der Waals surface area contributed by atoms with Gasteiger partial charge in [0.1, 0.15) is 0 Å². The van der Waals surface area contributed by atoms with Gasteiger partial charge in [0, 0.05) is 11.8 Å². The molecule has 4 saturated carbocycles. The van der Waals surface area contributed by atoms with Crippen LogP contribution in [0.25, 0.3) is 0 Å². The van der Waals surface area contributed by atoms with Crippen molar-refractivity contribution in [3.63, 3.8) is 0 Å². The van der Waals surface area contributed by atoms with E-state index < -0.39 is 0 Å². The Hall–Kier alpha value is -1.31. The van der Waals surface area contributed by atoms with Crippen LogP contribution in [0.1, 0.15) is 44.1 Å². The predicted molar refractivity (Wildman–Crippen MR) is 81.4 cm³/mol. The van der Waals surface area contributed by atoms with Crippen LogP contribution in [-0.2, 0) is 10.2 Å². The van der Waals surface area contributed by atoms with Crippen molar-refractivity contribution >= 4 is 5.91 Å². The lowest BCUT2D eigenvalue weighted by molar-refractivity contribution is -0.121. The summed E-state index contributed by atoms with van der Waals surface area (Å²) >= 11 is 0. The van der Waals surface area contributed by atoms with E-state index in [0.29, 0.717) is 23.7 Å². The summed E-state index contributed by atoms with van der Waals surface area (Å²) in [6, 6.07) is 10.8. The first-order chi connectivity index (χ1) is 10.1. The first kappa shape index (κ1) is 12.3. The molecule has 6 atom stereocenters. The van der Waals surface area contributed by atoms with E-state index in [9.17, 15) is 4.79 Å². The van der Waals surface area contributed by atoms with Gasteiger partial charge in [-0.2, -0.15) is 0 Å². The predicted octanol–water partition coefficient (Wildman–Crippen LogP) is 3.26. The van der Waals surface area contributed by atoms with Gasteiger partial charge in [0.05, 0.1) is 0 Å². The second kappa shape index (κ2) is 3.71. The van der Waals surface area contributed by atoms with Crippen LogP contribution < -0.4 is 5.73 Å². The standard InChI is InChI=1S/C19H23NO/c20-17(21)11-19(13-4-2-1-3-5-13)15-7-12-6-14-8-16(19)18(14,9-12)10-15/h1-5,12,14-16H,6-11H2,(H2,20,21). The lowest BCUT2D eigenvalue weighted by Gasteiger charge is -2.54. The van der Waals surface area contributed by atoms with Gasteiger partial charge >= 0.3 is 0 Å². The molecular formula is C19H23NO. The van der Waals surface area contributed by atoms with Gasteiger partial charge in [0.2, 0.25) is 5.91 Å². The largest absolute Gasteiger partial charge is 0.370 e. The van der Waals surface area contributed by atoms with Gasteiger partial charge in [-0.1, -0.05) is 30.3 Å². The van der Waals surface area contributed by atoms with Crippen LogP contribution in [0.5, 0.6) is 0 Å². The summed E-state index contributed by atoms with van der Waals surface area (Å²) < 4.78 is 0. The maximum absolute atomic E-state index is 11.9. The molecule has 0 saturated heterocycles. The Morgan fingerprint density at radius 3 is 2.62 bits per heavy atom. The molecule has 110 valence electrons. The molecule has 0 aromatic heterocycles. The van der Waals surface area contributed by atoms with Crippen molar-refractivity contribution in [3.8, 4) is 0 Å². The van der Waals surface area contributed by atoms with Crippen LogP contribution in [0.4, 0.5) is 0 Å². The number of hydrogen-bond donors (Lipinski definition) is 1. The summed E-state index contributed by atoms with van der Waals surface area (Å²) in [6.07, 6.45) is 7.50. The third-order valence-corrected chi connectivity index (χ3v) is 7.69.